The molecule has 19 heavy (non-hydrogen) atoms. The van der Waals surface area contributed by atoms with Gasteiger partial charge >= 0.3 is 5.69 Å². The van der Waals surface area contributed by atoms with Gasteiger partial charge in [-0.3, -0.25) is 14.9 Å². The SMILES string of the molecule is CN1CC(Nc2ccc([N+](=O)[O-])c(N)n2)CCC1=O. The molecule has 1 aromatic heterocycles. The Balaban J connectivity index is 2.06. The van der Waals surface area contributed by atoms with E-state index in [4.69, 9.17) is 5.73 Å². The predicted octanol–water partition coefficient (Wildman–Crippen LogP) is 0.605. The van der Waals surface area contributed by atoms with Crippen molar-refractivity contribution in [3.8, 4) is 0 Å². The van der Waals surface area contributed by atoms with Gasteiger partial charge in [0.15, 0.2) is 0 Å². The summed E-state index contributed by atoms with van der Waals surface area (Å²) in [6.45, 7) is 0.581. The van der Waals surface area contributed by atoms with Crippen LogP contribution in [0.25, 0.3) is 0 Å². The number of nitro groups is 1. The van der Waals surface area contributed by atoms with Gasteiger partial charge in [-0.1, -0.05) is 0 Å². The van der Waals surface area contributed by atoms with Gasteiger partial charge in [0, 0.05) is 32.1 Å². The Morgan fingerprint density at radius 3 is 2.89 bits per heavy atom. The highest BCUT2D eigenvalue weighted by molar-refractivity contribution is 5.77. The van der Waals surface area contributed by atoms with Crippen LogP contribution in [0, 0.1) is 10.1 Å². The number of pyridine rings is 1. The van der Waals surface area contributed by atoms with Crippen molar-refractivity contribution in [3.63, 3.8) is 0 Å². The standard InChI is InChI=1S/C11H15N5O3/c1-15-6-7(2-5-10(15)17)13-9-4-3-8(16(18)19)11(12)14-9/h3-4,7H,2,5-6H2,1H3,(H3,12,13,14). The maximum absolute atomic E-state index is 11.4. The molecule has 3 N–H and O–H groups in total. The summed E-state index contributed by atoms with van der Waals surface area (Å²) in [6, 6.07) is 2.92. The summed E-state index contributed by atoms with van der Waals surface area (Å²) in [4.78, 5) is 27.0. The van der Waals surface area contributed by atoms with E-state index in [9.17, 15) is 14.9 Å². The lowest BCUT2D eigenvalue weighted by Crippen LogP contribution is -2.43. The molecule has 0 radical (unpaired) electrons. The van der Waals surface area contributed by atoms with Crippen molar-refractivity contribution in [2.75, 3.05) is 24.6 Å². The number of hydrogen-bond donors (Lipinski definition) is 2. The van der Waals surface area contributed by atoms with E-state index >= 15 is 0 Å². The van der Waals surface area contributed by atoms with Crippen LogP contribution in [-0.4, -0.2) is 40.3 Å². The molecule has 1 amide bonds. The minimum Gasteiger partial charge on any atom is -0.378 e. The van der Waals surface area contributed by atoms with Gasteiger partial charge in [-0.25, -0.2) is 4.98 Å². The Hall–Kier alpha value is -2.38. The highest BCUT2D eigenvalue weighted by Gasteiger charge is 2.23. The number of likely N-dealkylation sites (tertiary alicyclic amines) is 1. The van der Waals surface area contributed by atoms with Crippen molar-refractivity contribution in [1.82, 2.24) is 9.88 Å². The Bertz CT molecular complexity index is 519. The second-order valence-electron chi connectivity index (χ2n) is 4.51. The normalized spacial score (nSPS) is 19.3. The second kappa shape index (κ2) is 5.09. The van der Waals surface area contributed by atoms with Crippen molar-refractivity contribution in [2.24, 2.45) is 0 Å². The van der Waals surface area contributed by atoms with E-state index in [0.717, 1.165) is 0 Å². The molecule has 2 rings (SSSR count). The third-order valence-electron chi connectivity index (χ3n) is 3.08. The van der Waals surface area contributed by atoms with Gasteiger partial charge in [-0.15, -0.1) is 0 Å². The zero-order valence-corrected chi connectivity index (χ0v) is 10.5. The number of nitrogens with two attached hydrogens (primary N) is 1. The second-order valence-corrected chi connectivity index (χ2v) is 4.51. The van der Waals surface area contributed by atoms with E-state index in [1.165, 1.54) is 12.1 Å². The maximum atomic E-state index is 11.4. The molecule has 1 aliphatic rings. The Kier molecular flexibility index (Phi) is 3.50. The van der Waals surface area contributed by atoms with E-state index in [1.54, 1.807) is 11.9 Å². The molecule has 8 heteroatoms. The lowest BCUT2D eigenvalue weighted by Gasteiger charge is -2.30. The van der Waals surface area contributed by atoms with Crippen molar-refractivity contribution >= 4 is 23.2 Å². The summed E-state index contributed by atoms with van der Waals surface area (Å²) in [7, 11) is 1.74. The van der Waals surface area contributed by atoms with Gasteiger partial charge in [0.05, 0.1) is 4.92 Å². The van der Waals surface area contributed by atoms with Crippen molar-refractivity contribution in [2.45, 2.75) is 18.9 Å². The molecule has 0 aliphatic carbocycles. The molecule has 1 unspecified atom stereocenters. The number of likely N-dealkylation sites (N-methyl/N-ethyl adjacent to an activating group) is 1. The van der Waals surface area contributed by atoms with Gasteiger partial charge in [-0.05, 0) is 12.5 Å². The lowest BCUT2D eigenvalue weighted by atomic mass is 10.1. The quantitative estimate of drug-likeness (QED) is 0.611. The molecular formula is C11H15N5O3. The third kappa shape index (κ3) is 2.90. The minimum atomic E-state index is -0.570. The van der Waals surface area contributed by atoms with Crippen LogP contribution in [0.3, 0.4) is 0 Å². The Morgan fingerprint density at radius 1 is 1.58 bits per heavy atom. The van der Waals surface area contributed by atoms with Crippen LogP contribution < -0.4 is 11.1 Å². The summed E-state index contributed by atoms with van der Waals surface area (Å²) in [5.74, 6) is 0.486. The molecule has 1 atom stereocenters. The molecule has 102 valence electrons. The van der Waals surface area contributed by atoms with Crippen LogP contribution in [-0.2, 0) is 4.79 Å². The van der Waals surface area contributed by atoms with Gasteiger partial charge in [-0.2, -0.15) is 0 Å². The van der Waals surface area contributed by atoms with Gasteiger partial charge in [0.2, 0.25) is 11.7 Å². The third-order valence-corrected chi connectivity index (χ3v) is 3.08. The maximum Gasteiger partial charge on any atom is 0.311 e. The van der Waals surface area contributed by atoms with Crippen LogP contribution >= 0.6 is 0 Å². The highest BCUT2D eigenvalue weighted by Crippen LogP contribution is 2.22. The van der Waals surface area contributed by atoms with E-state index < -0.39 is 4.92 Å². The van der Waals surface area contributed by atoms with Crippen LogP contribution in [0.5, 0.6) is 0 Å². The van der Waals surface area contributed by atoms with Crippen LogP contribution in [0.1, 0.15) is 12.8 Å². The average Bonchev–Trinajstić information content (AvgIpc) is 2.33. The first kappa shape index (κ1) is 13.1. The molecule has 0 spiro atoms. The summed E-state index contributed by atoms with van der Waals surface area (Å²) in [5.41, 5.74) is 5.31. The summed E-state index contributed by atoms with van der Waals surface area (Å²) in [5, 5.41) is 13.8. The first-order chi connectivity index (χ1) is 8.97. The summed E-state index contributed by atoms with van der Waals surface area (Å²) in [6.07, 6.45) is 1.19. The van der Waals surface area contributed by atoms with E-state index in [-0.39, 0.29) is 23.5 Å². The molecule has 1 aliphatic heterocycles. The van der Waals surface area contributed by atoms with Gasteiger partial charge in [0.1, 0.15) is 5.82 Å². The fraction of sp³-hybridized carbons (Fsp3) is 0.455. The smallest absolute Gasteiger partial charge is 0.311 e. The summed E-state index contributed by atoms with van der Waals surface area (Å²) >= 11 is 0. The van der Waals surface area contributed by atoms with Gasteiger partial charge < -0.3 is 16.0 Å². The Morgan fingerprint density at radius 2 is 2.32 bits per heavy atom. The van der Waals surface area contributed by atoms with Crippen molar-refractivity contribution in [3.05, 3.63) is 22.2 Å². The highest BCUT2D eigenvalue weighted by atomic mass is 16.6. The zero-order chi connectivity index (χ0) is 14.0. The number of nitrogens with one attached hydrogen (secondary N) is 1. The number of nitrogens with zero attached hydrogens (tertiary/aromatic N) is 3. The largest absolute Gasteiger partial charge is 0.378 e. The number of amides is 1. The fourth-order valence-electron chi connectivity index (χ4n) is 2.04. The van der Waals surface area contributed by atoms with E-state index in [1.807, 2.05) is 0 Å². The monoisotopic (exact) mass is 265 g/mol. The molecule has 2 heterocycles. The van der Waals surface area contributed by atoms with Gasteiger partial charge in [0.25, 0.3) is 0 Å². The molecular weight excluding hydrogens is 250 g/mol. The zero-order valence-electron chi connectivity index (χ0n) is 10.5. The molecule has 1 saturated heterocycles. The molecule has 1 aromatic rings. The first-order valence-electron chi connectivity index (χ1n) is 5.89. The van der Waals surface area contributed by atoms with Crippen LogP contribution in [0.2, 0.25) is 0 Å². The predicted molar refractivity (Wildman–Crippen MR) is 69.6 cm³/mol. The number of carbonyl (C=O) groups excluding carboxylic acids is 1. The molecule has 8 nitrogen and oxygen atoms in total. The fourth-order valence-corrected chi connectivity index (χ4v) is 2.04. The topological polar surface area (TPSA) is 114 Å². The lowest BCUT2D eigenvalue weighted by molar-refractivity contribution is -0.384. The van der Waals surface area contributed by atoms with E-state index in [0.29, 0.717) is 25.2 Å². The first-order valence-corrected chi connectivity index (χ1v) is 5.89. The van der Waals surface area contributed by atoms with E-state index in [2.05, 4.69) is 10.3 Å². The molecule has 0 aromatic carbocycles. The summed E-state index contributed by atoms with van der Waals surface area (Å²) < 4.78 is 0. The molecule has 1 fully saturated rings. The molecule has 0 saturated carbocycles. The number of hydrogen-bond acceptors (Lipinski definition) is 6. The number of aromatic nitrogens is 1. The molecule has 0 bridgehead atoms. The minimum absolute atomic E-state index is 0.0797. The van der Waals surface area contributed by atoms with Crippen molar-refractivity contribution < 1.29 is 9.72 Å². The van der Waals surface area contributed by atoms with Crippen molar-refractivity contribution in [1.29, 1.82) is 0 Å². The number of anilines is 2. The van der Waals surface area contributed by atoms with Crippen LogP contribution in [0.4, 0.5) is 17.3 Å². The number of rotatable bonds is 3. The number of nitrogen functional groups attached to an aromatic ring is 1. The average molecular weight is 265 g/mol. The Labute approximate surface area is 109 Å². The van der Waals surface area contributed by atoms with Crippen LogP contribution in [0.15, 0.2) is 12.1 Å². The number of piperidine rings is 1. The number of carbonyl (C=O) groups is 1.